The van der Waals surface area contributed by atoms with Crippen LogP contribution in [0.5, 0.6) is 11.5 Å². The molecule has 0 aliphatic carbocycles. The number of hydrogen-bond acceptors (Lipinski definition) is 4. The Balaban J connectivity index is 1.63. The Morgan fingerprint density at radius 3 is 2.76 bits per heavy atom. The van der Waals surface area contributed by atoms with Crippen LogP contribution in [0.25, 0.3) is 0 Å². The van der Waals surface area contributed by atoms with Crippen LogP contribution in [0.3, 0.4) is 0 Å². The molecule has 0 unspecified atom stereocenters. The zero-order valence-corrected chi connectivity index (χ0v) is 12.2. The smallest absolute Gasteiger partial charge is 0.289 e. The van der Waals surface area contributed by atoms with Gasteiger partial charge in [-0.15, -0.1) is 0 Å². The standard InChI is InChI=1S/C15H14ClNO4/c1-17(15(18)13-6-7-14(16)21-13)8-10-9-19-11-4-2-3-5-12(11)20-10/h2-7,10H,8-9H2,1H3/t10-/m0/s1. The molecule has 1 aliphatic rings. The van der Waals surface area contributed by atoms with Crippen LogP contribution in [0.4, 0.5) is 0 Å². The topological polar surface area (TPSA) is 51.9 Å². The highest BCUT2D eigenvalue weighted by Crippen LogP contribution is 2.31. The van der Waals surface area contributed by atoms with E-state index in [-0.39, 0.29) is 23.0 Å². The van der Waals surface area contributed by atoms with Gasteiger partial charge in [0.05, 0.1) is 6.54 Å². The van der Waals surface area contributed by atoms with Crippen molar-refractivity contribution >= 4 is 17.5 Å². The molecule has 0 fully saturated rings. The van der Waals surface area contributed by atoms with E-state index in [2.05, 4.69) is 0 Å². The molecule has 1 aliphatic heterocycles. The van der Waals surface area contributed by atoms with E-state index in [1.54, 1.807) is 19.2 Å². The maximum Gasteiger partial charge on any atom is 0.289 e. The molecule has 21 heavy (non-hydrogen) atoms. The van der Waals surface area contributed by atoms with E-state index in [1.165, 1.54) is 4.90 Å². The lowest BCUT2D eigenvalue weighted by atomic mass is 10.2. The van der Waals surface area contributed by atoms with Gasteiger partial charge < -0.3 is 18.8 Å². The molecule has 1 atom stereocenters. The minimum absolute atomic E-state index is 0.193. The Morgan fingerprint density at radius 1 is 1.29 bits per heavy atom. The second kappa shape index (κ2) is 5.69. The summed E-state index contributed by atoms with van der Waals surface area (Å²) in [5, 5.41) is 0.193. The summed E-state index contributed by atoms with van der Waals surface area (Å²) in [7, 11) is 1.68. The van der Waals surface area contributed by atoms with Gasteiger partial charge in [0.25, 0.3) is 5.91 Å². The van der Waals surface area contributed by atoms with Crippen molar-refractivity contribution in [1.82, 2.24) is 4.90 Å². The number of rotatable bonds is 3. The number of likely N-dealkylation sites (N-methyl/N-ethyl adjacent to an activating group) is 1. The molecule has 0 saturated carbocycles. The molecule has 0 spiro atoms. The van der Waals surface area contributed by atoms with Gasteiger partial charge >= 0.3 is 0 Å². The van der Waals surface area contributed by atoms with Gasteiger partial charge in [0, 0.05) is 7.05 Å². The zero-order chi connectivity index (χ0) is 14.8. The van der Waals surface area contributed by atoms with Crippen LogP contribution in [0.2, 0.25) is 5.22 Å². The quantitative estimate of drug-likeness (QED) is 0.875. The van der Waals surface area contributed by atoms with Gasteiger partial charge in [0.2, 0.25) is 0 Å². The van der Waals surface area contributed by atoms with Gasteiger partial charge in [-0.3, -0.25) is 4.79 Å². The van der Waals surface area contributed by atoms with Crippen LogP contribution in [0, 0.1) is 0 Å². The van der Waals surface area contributed by atoms with E-state index >= 15 is 0 Å². The maximum absolute atomic E-state index is 12.2. The summed E-state index contributed by atoms with van der Waals surface area (Å²) in [5.74, 6) is 1.38. The highest BCUT2D eigenvalue weighted by molar-refractivity contribution is 6.29. The highest BCUT2D eigenvalue weighted by atomic mass is 35.5. The molecule has 1 aromatic carbocycles. The largest absolute Gasteiger partial charge is 0.486 e. The van der Waals surface area contributed by atoms with Crippen LogP contribution in [0.1, 0.15) is 10.6 Å². The Hall–Kier alpha value is -2.14. The molecule has 3 rings (SSSR count). The second-order valence-electron chi connectivity index (χ2n) is 4.79. The summed E-state index contributed by atoms with van der Waals surface area (Å²) in [6.45, 7) is 0.791. The van der Waals surface area contributed by atoms with E-state index in [4.69, 9.17) is 25.5 Å². The van der Waals surface area contributed by atoms with Crippen LogP contribution in [-0.2, 0) is 0 Å². The number of amides is 1. The lowest BCUT2D eigenvalue weighted by molar-refractivity contribution is 0.0502. The van der Waals surface area contributed by atoms with E-state index < -0.39 is 0 Å². The Labute approximate surface area is 127 Å². The number of carbonyl (C=O) groups is 1. The van der Waals surface area contributed by atoms with Crippen LogP contribution < -0.4 is 9.47 Å². The minimum atomic E-state index is -0.246. The van der Waals surface area contributed by atoms with Gasteiger partial charge in [-0.05, 0) is 35.9 Å². The molecule has 1 amide bonds. The first-order chi connectivity index (χ1) is 10.1. The summed E-state index contributed by atoms with van der Waals surface area (Å²) in [4.78, 5) is 13.7. The third-order valence-electron chi connectivity index (χ3n) is 3.18. The van der Waals surface area contributed by atoms with Crippen LogP contribution >= 0.6 is 11.6 Å². The molecule has 110 valence electrons. The molecular weight excluding hydrogens is 294 g/mol. The first-order valence-electron chi connectivity index (χ1n) is 6.53. The number of hydrogen-bond donors (Lipinski definition) is 0. The average Bonchev–Trinajstić information content (AvgIpc) is 2.93. The lowest BCUT2D eigenvalue weighted by Crippen LogP contribution is -2.41. The summed E-state index contributed by atoms with van der Waals surface area (Å²) in [5.41, 5.74) is 0. The number of halogens is 1. The van der Waals surface area contributed by atoms with Crippen molar-refractivity contribution in [2.45, 2.75) is 6.10 Å². The van der Waals surface area contributed by atoms with Crippen LogP contribution in [-0.4, -0.2) is 37.1 Å². The van der Waals surface area contributed by atoms with Crippen LogP contribution in [0.15, 0.2) is 40.8 Å². The fourth-order valence-corrected chi connectivity index (χ4v) is 2.30. The molecule has 2 heterocycles. The molecule has 5 nitrogen and oxygen atoms in total. The van der Waals surface area contributed by atoms with Crippen molar-refractivity contribution in [2.75, 3.05) is 20.2 Å². The van der Waals surface area contributed by atoms with E-state index in [0.29, 0.717) is 18.9 Å². The fourth-order valence-electron chi connectivity index (χ4n) is 2.16. The van der Waals surface area contributed by atoms with Gasteiger partial charge in [0.15, 0.2) is 28.6 Å². The number of furan rings is 1. The average molecular weight is 308 g/mol. The lowest BCUT2D eigenvalue weighted by Gasteiger charge is -2.29. The minimum Gasteiger partial charge on any atom is -0.486 e. The van der Waals surface area contributed by atoms with Gasteiger partial charge in [-0.1, -0.05) is 12.1 Å². The maximum atomic E-state index is 12.2. The molecular formula is C15H14ClNO4. The van der Waals surface area contributed by atoms with Gasteiger partial charge in [-0.25, -0.2) is 0 Å². The number of carbonyl (C=O) groups excluding carboxylic acids is 1. The highest BCUT2D eigenvalue weighted by Gasteiger charge is 2.25. The predicted octanol–water partition coefficient (Wildman–Crippen LogP) is 2.85. The van der Waals surface area contributed by atoms with Crippen molar-refractivity contribution in [3.63, 3.8) is 0 Å². The molecule has 0 radical (unpaired) electrons. The van der Waals surface area contributed by atoms with Gasteiger partial charge in [0.1, 0.15) is 6.61 Å². The molecule has 2 aromatic rings. The van der Waals surface area contributed by atoms with E-state index in [9.17, 15) is 4.79 Å². The molecule has 0 N–H and O–H groups in total. The first-order valence-corrected chi connectivity index (χ1v) is 6.90. The molecule has 0 saturated heterocycles. The molecule has 0 bridgehead atoms. The Morgan fingerprint density at radius 2 is 2.05 bits per heavy atom. The van der Waals surface area contributed by atoms with Crippen molar-refractivity contribution < 1.29 is 18.7 Å². The van der Waals surface area contributed by atoms with Crippen molar-refractivity contribution in [1.29, 1.82) is 0 Å². The third kappa shape index (κ3) is 2.97. The second-order valence-corrected chi connectivity index (χ2v) is 5.16. The van der Waals surface area contributed by atoms with E-state index in [0.717, 1.165) is 5.75 Å². The Kier molecular flexibility index (Phi) is 3.75. The van der Waals surface area contributed by atoms with Crippen molar-refractivity contribution in [3.8, 4) is 11.5 Å². The zero-order valence-electron chi connectivity index (χ0n) is 11.4. The number of nitrogens with zero attached hydrogens (tertiary/aromatic N) is 1. The molecule has 1 aromatic heterocycles. The summed E-state index contributed by atoms with van der Waals surface area (Å²) >= 11 is 5.68. The summed E-state index contributed by atoms with van der Waals surface area (Å²) in [6, 6.07) is 10.6. The first kappa shape index (κ1) is 13.8. The summed E-state index contributed by atoms with van der Waals surface area (Å²) in [6.07, 6.45) is -0.223. The fraction of sp³-hybridized carbons (Fsp3) is 0.267. The Bertz CT molecular complexity index is 655. The molecule has 6 heteroatoms. The van der Waals surface area contributed by atoms with Gasteiger partial charge in [-0.2, -0.15) is 0 Å². The normalized spacial score (nSPS) is 16.6. The number of para-hydroxylation sites is 2. The predicted molar refractivity (Wildman–Crippen MR) is 77.0 cm³/mol. The number of benzene rings is 1. The summed E-state index contributed by atoms with van der Waals surface area (Å²) < 4.78 is 16.6. The SMILES string of the molecule is CN(C[C@H]1COc2ccccc2O1)C(=O)c1ccc(Cl)o1. The van der Waals surface area contributed by atoms with E-state index in [1.807, 2.05) is 24.3 Å². The van der Waals surface area contributed by atoms with Crippen molar-refractivity contribution in [3.05, 3.63) is 47.4 Å². The van der Waals surface area contributed by atoms with Crippen molar-refractivity contribution in [2.24, 2.45) is 0 Å². The number of fused-ring (bicyclic) bond motifs is 1. The number of ether oxygens (including phenoxy) is 2. The third-order valence-corrected chi connectivity index (χ3v) is 3.38. The monoisotopic (exact) mass is 307 g/mol.